The van der Waals surface area contributed by atoms with E-state index >= 15 is 0 Å². The molecular formula is C44H56Br2O2. The summed E-state index contributed by atoms with van der Waals surface area (Å²) < 4.78 is 2.15. The van der Waals surface area contributed by atoms with E-state index in [2.05, 4.69) is 138 Å². The maximum Gasteiger partial charge on any atom is 0.164 e. The Bertz CT molecular complexity index is 1720. The Morgan fingerprint density at radius 1 is 0.625 bits per heavy atom. The number of hydrogen-bond donors (Lipinski definition) is 0. The molecule has 0 aromatic heterocycles. The lowest BCUT2D eigenvalue weighted by Crippen LogP contribution is -2.40. The Balaban J connectivity index is 0.000000188. The van der Waals surface area contributed by atoms with E-state index in [9.17, 15) is 9.59 Å². The number of halogens is 2. The summed E-state index contributed by atoms with van der Waals surface area (Å²) in [7, 11) is 0. The van der Waals surface area contributed by atoms with Gasteiger partial charge >= 0.3 is 0 Å². The first-order valence-electron chi connectivity index (χ1n) is 18.0. The Morgan fingerprint density at radius 3 is 1.62 bits per heavy atom. The molecule has 0 unspecified atom stereocenters. The minimum absolute atomic E-state index is 0.0282. The molecule has 0 radical (unpaired) electrons. The third-order valence-electron chi connectivity index (χ3n) is 12.7. The molecule has 0 aliphatic heterocycles. The van der Waals surface area contributed by atoms with Gasteiger partial charge < -0.3 is 0 Å². The van der Waals surface area contributed by atoms with Gasteiger partial charge in [0.2, 0.25) is 0 Å². The largest absolute Gasteiger partial charge is 0.299 e. The third-order valence-corrected chi connectivity index (χ3v) is 14.0. The number of hydrogen-bond acceptors (Lipinski definition) is 2. The number of allylic oxidation sites excluding steroid dienone is 6. The maximum atomic E-state index is 13.2. The molecule has 48 heavy (non-hydrogen) atoms. The monoisotopic (exact) mass is 774 g/mol. The summed E-state index contributed by atoms with van der Waals surface area (Å²) in [4.78, 5) is 26.3. The molecule has 258 valence electrons. The van der Waals surface area contributed by atoms with Gasteiger partial charge in [-0.2, -0.15) is 0 Å². The second-order valence-corrected chi connectivity index (χ2v) is 18.8. The van der Waals surface area contributed by atoms with Crippen LogP contribution >= 0.6 is 31.9 Å². The van der Waals surface area contributed by atoms with Crippen LogP contribution in [0.3, 0.4) is 0 Å². The van der Waals surface area contributed by atoms with Crippen LogP contribution in [-0.4, -0.2) is 11.6 Å². The molecule has 0 heterocycles. The van der Waals surface area contributed by atoms with E-state index in [-0.39, 0.29) is 39.3 Å². The molecule has 2 fully saturated rings. The van der Waals surface area contributed by atoms with Gasteiger partial charge in [-0.05, 0) is 122 Å². The van der Waals surface area contributed by atoms with Crippen molar-refractivity contribution in [2.75, 3.05) is 0 Å². The molecule has 0 N–H and O–H groups in total. The molecule has 0 spiro atoms. The molecule has 0 bridgehead atoms. The number of aryl methyl sites for hydroxylation is 4. The highest BCUT2D eigenvalue weighted by Gasteiger charge is 2.51. The standard InChI is InChI=1S/C22H29BrO.C22H27BrO/c2*1-14-12-16(17(23)13-15(14)2)20-18(24)8-6-9-19-21(3,4)10-7-11-22(19,20)5/h9,12-13,20H,6-8,10-11H2,1-5H3;6,8-9,12-13,20H,7,10-11H2,1-5H3/t2*20-,22+/m11/s1. The lowest BCUT2D eigenvalue weighted by atomic mass is 9.54. The van der Waals surface area contributed by atoms with Crippen LogP contribution in [0.25, 0.3) is 0 Å². The van der Waals surface area contributed by atoms with Crippen LogP contribution in [0.2, 0.25) is 0 Å². The Kier molecular flexibility index (Phi) is 10.5. The van der Waals surface area contributed by atoms with Crippen LogP contribution in [-0.2, 0) is 9.59 Å². The number of Topliss-reactive ketones (excluding diaryl/α,β-unsaturated/α-hetero) is 1. The first-order valence-corrected chi connectivity index (χ1v) is 19.6. The minimum Gasteiger partial charge on any atom is -0.299 e. The number of benzene rings is 2. The SMILES string of the molecule is Cc1cc(Br)c([C@@H]2C(=O)C=CC=C3C(C)(C)CCC[C@@]32C)cc1C.Cc1cc(Br)c([C@@H]2C(=O)CCC=C3C(C)(C)CCC[C@@]32C)cc1C. The first kappa shape index (κ1) is 37.2. The highest BCUT2D eigenvalue weighted by Crippen LogP contribution is 2.60. The van der Waals surface area contributed by atoms with Gasteiger partial charge in [-0.1, -0.05) is 128 Å². The molecule has 4 atom stereocenters. The predicted molar refractivity (Wildman–Crippen MR) is 209 cm³/mol. The van der Waals surface area contributed by atoms with Gasteiger partial charge in [-0.3, -0.25) is 9.59 Å². The Hall–Kier alpha value is -2.04. The molecule has 4 heteroatoms. The number of carbonyl (C=O) groups is 2. The fourth-order valence-corrected chi connectivity index (χ4v) is 11.3. The van der Waals surface area contributed by atoms with Gasteiger partial charge in [-0.15, -0.1) is 0 Å². The van der Waals surface area contributed by atoms with E-state index in [1.807, 2.05) is 6.08 Å². The van der Waals surface area contributed by atoms with E-state index < -0.39 is 0 Å². The Morgan fingerprint density at radius 2 is 1.08 bits per heavy atom. The normalized spacial score (nSPS) is 29.3. The van der Waals surface area contributed by atoms with Crippen molar-refractivity contribution in [3.8, 4) is 0 Å². The Labute approximate surface area is 307 Å². The molecule has 4 aliphatic rings. The number of carbonyl (C=O) groups excluding carboxylic acids is 2. The summed E-state index contributed by atoms with van der Waals surface area (Å²) >= 11 is 7.51. The average molecular weight is 777 g/mol. The molecule has 4 aliphatic carbocycles. The first-order chi connectivity index (χ1) is 22.3. The van der Waals surface area contributed by atoms with Gasteiger partial charge in [-0.25, -0.2) is 0 Å². The summed E-state index contributed by atoms with van der Waals surface area (Å²) in [5.74, 6) is 0.492. The summed E-state index contributed by atoms with van der Waals surface area (Å²) in [5, 5.41) is 0. The van der Waals surface area contributed by atoms with Crippen molar-refractivity contribution in [2.45, 2.75) is 132 Å². The number of rotatable bonds is 2. The quantitative estimate of drug-likeness (QED) is 0.285. The van der Waals surface area contributed by atoms with Crippen LogP contribution in [0, 0.1) is 49.4 Å². The fourth-order valence-electron chi connectivity index (χ4n) is 9.97. The highest BCUT2D eigenvalue weighted by molar-refractivity contribution is 9.10. The molecule has 2 nitrogen and oxygen atoms in total. The third kappa shape index (κ3) is 6.71. The van der Waals surface area contributed by atoms with Gasteiger partial charge in [0.05, 0.1) is 11.8 Å². The van der Waals surface area contributed by atoms with E-state index in [0.717, 1.165) is 33.8 Å². The zero-order valence-electron chi connectivity index (χ0n) is 31.0. The van der Waals surface area contributed by atoms with Crippen LogP contribution in [0.5, 0.6) is 0 Å². The van der Waals surface area contributed by atoms with E-state index in [4.69, 9.17) is 0 Å². The van der Waals surface area contributed by atoms with Gasteiger partial charge in [0.1, 0.15) is 5.78 Å². The topological polar surface area (TPSA) is 34.1 Å². The van der Waals surface area contributed by atoms with Gasteiger partial charge in [0.15, 0.2) is 5.78 Å². The van der Waals surface area contributed by atoms with Crippen molar-refractivity contribution >= 4 is 43.4 Å². The summed E-state index contributed by atoms with van der Waals surface area (Å²) in [6.45, 7) is 22.6. The van der Waals surface area contributed by atoms with E-state index in [1.54, 1.807) is 6.08 Å². The van der Waals surface area contributed by atoms with Crippen LogP contribution in [0.4, 0.5) is 0 Å². The lowest BCUT2D eigenvalue weighted by Gasteiger charge is -2.49. The van der Waals surface area contributed by atoms with Crippen molar-refractivity contribution in [2.24, 2.45) is 21.7 Å². The maximum absolute atomic E-state index is 13.2. The zero-order chi connectivity index (χ0) is 35.4. The molecule has 2 aromatic carbocycles. The van der Waals surface area contributed by atoms with Crippen LogP contribution < -0.4 is 0 Å². The summed E-state index contributed by atoms with van der Waals surface area (Å²) in [5.41, 5.74) is 10.5. The average Bonchev–Trinajstić information content (AvgIpc) is 3.20. The second-order valence-electron chi connectivity index (χ2n) is 17.1. The highest BCUT2D eigenvalue weighted by atomic mass is 79.9. The molecular weight excluding hydrogens is 720 g/mol. The number of fused-ring (bicyclic) bond motifs is 2. The van der Waals surface area contributed by atoms with Crippen molar-refractivity contribution in [3.05, 3.63) is 102 Å². The fraction of sp³-hybridized carbons (Fsp3) is 0.545. The molecule has 6 rings (SSSR count). The van der Waals surface area contributed by atoms with Crippen molar-refractivity contribution in [1.82, 2.24) is 0 Å². The summed E-state index contributed by atoms with van der Waals surface area (Å²) in [6, 6.07) is 8.81. The van der Waals surface area contributed by atoms with Crippen molar-refractivity contribution < 1.29 is 9.59 Å². The minimum atomic E-state index is -0.119. The number of ketones is 2. The zero-order valence-corrected chi connectivity index (χ0v) is 34.2. The van der Waals surface area contributed by atoms with Gasteiger partial charge in [0.25, 0.3) is 0 Å². The van der Waals surface area contributed by atoms with Gasteiger partial charge in [0, 0.05) is 26.2 Å². The lowest BCUT2D eigenvalue weighted by molar-refractivity contribution is -0.123. The molecule has 0 saturated heterocycles. The smallest absolute Gasteiger partial charge is 0.164 e. The van der Waals surface area contributed by atoms with Crippen molar-refractivity contribution in [3.63, 3.8) is 0 Å². The second kappa shape index (κ2) is 13.6. The van der Waals surface area contributed by atoms with Crippen LogP contribution in [0.1, 0.15) is 138 Å². The molecule has 2 saturated carbocycles. The van der Waals surface area contributed by atoms with Crippen molar-refractivity contribution in [1.29, 1.82) is 0 Å². The summed E-state index contributed by atoms with van der Waals surface area (Å²) in [6.07, 6.45) is 16.9. The molecule has 0 amide bonds. The molecule has 2 aromatic rings. The predicted octanol–water partition coefficient (Wildman–Crippen LogP) is 13.1. The van der Waals surface area contributed by atoms with E-state index in [1.165, 1.54) is 64.6 Å². The van der Waals surface area contributed by atoms with E-state index in [0.29, 0.717) is 12.2 Å². The van der Waals surface area contributed by atoms with Crippen LogP contribution in [0.15, 0.2) is 68.7 Å².